The van der Waals surface area contributed by atoms with E-state index in [-0.39, 0.29) is 24.8 Å². The van der Waals surface area contributed by atoms with E-state index in [4.69, 9.17) is 5.11 Å². The Bertz CT molecular complexity index is 186. The number of carboxylic acid groups (broad SMARTS) is 1. The summed E-state index contributed by atoms with van der Waals surface area (Å²) < 4.78 is 0. The van der Waals surface area contributed by atoms with Crippen molar-refractivity contribution in [2.45, 2.75) is 0 Å². The number of halogens is 2. The van der Waals surface area contributed by atoms with Gasteiger partial charge >= 0.3 is 5.97 Å². The van der Waals surface area contributed by atoms with Crippen molar-refractivity contribution in [1.82, 2.24) is 0 Å². The van der Waals surface area contributed by atoms with Gasteiger partial charge in [-0.15, -0.1) is 24.8 Å². The highest BCUT2D eigenvalue weighted by molar-refractivity contribution is 7.08. The van der Waals surface area contributed by atoms with E-state index in [0.29, 0.717) is 5.56 Å². The van der Waals surface area contributed by atoms with Crippen LogP contribution in [0.25, 0.3) is 0 Å². The Labute approximate surface area is 74.7 Å². The van der Waals surface area contributed by atoms with E-state index >= 15 is 0 Å². The molecule has 0 radical (unpaired) electrons. The van der Waals surface area contributed by atoms with Gasteiger partial charge in [-0.3, -0.25) is 0 Å². The third kappa shape index (κ3) is 3.06. The first-order valence-corrected chi connectivity index (χ1v) is 3.00. The summed E-state index contributed by atoms with van der Waals surface area (Å²) in [6.07, 6.45) is 0. The van der Waals surface area contributed by atoms with Gasteiger partial charge in [0, 0.05) is 5.38 Å². The van der Waals surface area contributed by atoms with Gasteiger partial charge in [0.15, 0.2) is 0 Å². The number of hydrogen-bond donors (Lipinski definition) is 1. The van der Waals surface area contributed by atoms with Gasteiger partial charge in [-0.2, -0.15) is 11.3 Å². The molecule has 1 heterocycles. The van der Waals surface area contributed by atoms with Crippen LogP contribution in [-0.4, -0.2) is 11.1 Å². The first-order valence-electron chi connectivity index (χ1n) is 2.06. The first-order chi connectivity index (χ1) is 3.80. The molecule has 5 heteroatoms. The average Bonchev–Trinajstić information content (AvgIpc) is 2.12. The zero-order chi connectivity index (χ0) is 5.98. The molecule has 0 spiro atoms. The summed E-state index contributed by atoms with van der Waals surface area (Å²) in [5, 5.41) is 11.6. The van der Waals surface area contributed by atoms with Crippen molar-refractivity contribution in [2.75, 3.05) is 0 Å². The summed E-state index contributed by atoms with van der Waals surface area (Å²) in [7, 11) is 0. The zero-order valence-electron chi connectivity index (χ0n) is 4.81. The van der Waals surface area contributed by atoms with Gasteiger partial charge in [0.1, 0.15) is 0 Å². The molecule has 1 aromatic rings. The van der Waals surface area contributed by atoms with Crippen molar-refractivity contribution in [3.05, 3.63) is 22.4 Å². The second-order valence-electron chi connectivity index (χ2n) is 1.32. The van der Waals surface area contributed by atoms with Crippen molar-refractivity contribution in [2.24, 2.45) is 0 Å². The Morgan fingerprint density at radius 1 is 1.50 bits per heavy atom. The van der Waals surface area contributed by atoms with Crippen LogP contribution in [0.3, 0.4) is 0 Å². The second kappa shape index (κ2) is 5.53. The van der Waals surface area contributed by atoms with Crippen LogP contribution in [0.2, 0.25) is 0 Å². The molecule has 0 aliphatic heterocycles. The molecule has 1 rings (SSSR count). The van der Waals surface area contributed by atoms with E-state index in [1.807, 2.05) is 0 Å². The maximum absolute atomic E-state index is 10.1. The third-order valence-electron chi connectivity index (χ3n) is 0.768. The summed E-state index contributed by atoms with van der Waals surface area (Å²) in [6.45, 7) is 0. The van der Waals surface area contributed by atoms with Gasteiger partial charge in [-0.25, -0.2) is 4.79 Å². The van der Waals surface area contributed by atoms with Crippen molar-refractivity contribution in [3.8, 4) is 0 Å². The van der Waals surface area contributed by atoms with Crippen LogP contribution < -0.4 is 0 Å². The number of rotatable bonds is 1. The second-order valence-corrected chi connectivity index (χ2v) is 2.10. The molecule has 0 unspecified atom stereocenters. The molecule has 0 amide bonds. The minimum absolute atomic E-state index is 0. The topological polar surface area (TPSA) is 37.3 Å². The first kappa shape index (κ1) is 12.4. The lowest BCUT2D eigenvalue weighted by atomic mass is 10.4. The normalized spacial score (nSPS) is 7.20. The lowest BCUT2D eigenvalue weighted by Gasteiger charge is -1.78. The Morgan fingerprint density at radius 2 is 2.10 bits per heavy atom. The van der Waals surface area contributed by atoms with E-state index in [1.165, 1.54) is 11.3 Å². The number of aromatic carboxylic acids is 1. The fraction of sp³-hybridized carbons (Fsp3) is 0. The molecule has 1 aromatic heterocycles. The highest BCUT2D eigenvalue weighted by Crippen LogP contribution is 2.04. The smallest absolute Gasteiger partial charge is 0.336 e. The zero-order valence-corrected chi connectivity index (χ0v) is 7.26. The van der Waals surface area contributed by atoms with Gasteiger partial charge in [-0.05, 0) is 11.4 Å². The molecule has 0 fully saturated rings. The van der Waals surface area contributed by atoms with E-state index < -0.39 is 5.97 Å². The van der Waals surface area contributed by atoms with Crippen molar-refractivity contribution >= 4 is 42.1 Å². The maximum atomic E-state index is 10.1. The molecule has 1 N–H and O–H groups in total. The summed E-state index contributed by atoms with van der Waals surface area (Å²) in [5.74, 6) is -0.855. The summed E-state index contributed by atoms with van der Waals surface area (Å²) in [4.78, 5) is 10.1. The maximum Gasteiger partial charge on any atom is 0.336 e. The number of hydrogen-bond acceptors (Lipinski definition) is 2. The Hall–Kier alpha value is -0.250. The lowest BCUT2D eigenvalue weighted by molar-refractivity contribution is 0.0697. The standard InChI is InChI=1S/C5H4O2S.2ClH/c6-5(7)4-1-2-8-3-4;;/h1-3H,(H,6,7);2*1H. The van der Waals surface area contributed by atoms with Crippen molar-refractivity contribution in [1.29, 1.82) is 0 Å². The van der Waals surface area contributed by atoms with Crippen LogP contribution in [-0.2, 0) is 0 Å². The lowest BCUT2D eigenvalue weighted by Crippen LogP contribution is -1.90. The van der Waals surface area contributed by atoms with E-state index in [1.54, 1.807) is 16.8 Å². The van der Waals surface area contributed by atoms with Gasteiger partial charge < -0.3 is 5.11 Å². The molecule has 0 saturated heterocycles. The van der Waals surface area contributed by atoms with Gasteiger partial charge in [-0.1, -0.05) is 0 Å². The molecule has 0 atom stereocenters. The summed E-state index contributed by atoms with van der Waals surface area (Å²) in [6, 6.07) is 1.58. The highest BCUT2D eigenvalue weighted by Gasteiger charge is 1.98. The third-order valence-corrected chi connectivity index (χ3v) is 1.45. The fourth-order valence-corrected chi connectivity index (χ4v) is 1.02. The van der Waals surface area contributed by atoms with Gasteiger partial charge in [0.25, 0.3) is 0 Å². The van der Waals surface area contributed by atoms with Crippen LogP contribution in [0.15, 0.2) is 16.8 Å². The monoisotopic (exact) mass is 200 g/mol. The van der Waals surface area contributed by atoms with E-state index in [2.05, 4.69) is 0 Å². The van der Waals surface area contributed by atoms with E-state index in [0.717, 1.165) is 0 Å². The number of carbonyl (C=O) groups is 1. The van der Waals surface area contributed by atoms with Crippen molar-refractivity contribution in [3.63, 3.8) is 0 Å². The van der Waals surface area contributed by atoms with Crippen LogP contribution in [0.4, 0.5) is 0 Å². The SMILES string of the molecule is Cl.Cl.O=C(O)c1ccsc1. The average molecular weight is 201 g/mol. The molecule has 0 bridgehead atoms. The van der Waals surface area contributed by atoms with Crippen LogP contribution in [0.5, 0.6) is 0 Å². The largest absolute Gasteiger partial charge is 0.478 e. The van der Waals surface area contributed by atoms with Crippen LogP contribution >= 0.6 is 36.2 Å². The summed E-state index contributed by atoms with van der Waals surface area (Å²) in [5.41, 5.74) is 0.370. The highest BCUT2D eigenvalue weighted by atomic mass is 35.5. The number of thiophene rings is 1. The van der Waals surface area contributed by atoms with Crippen LogP contribution in [0, 0.1) is 0 Å². The fourth-order valence-electron chi connectivity index (χ4n) is 0.386. The molecule has 0 saturated carbocycles. The molecule has 0 aliphatic carbocycles. The van der Waals surface area contributed by atoms with E-state index in [9.17, 15) is 4.79 Å². The molecular formula is C5H6Cl2O2S. The molecule has 58 valence electrons. The van der Waals surface area contributed by atoms with Gasteiger partial charge in [0.05, 0.1) is 5.56 Å². The predicted octanol–water partition coefficient (Wildman–Crippen LogP) is 2.29. The van der Waals surface area contributed by atoms with Crippen LogP contribution in [0.1, 0.15) is 10.4 Å². The predicted molar refractivity (Wildman–Crippen MR) is 45.8 cm³/mol. The van der Waals surface area contributed by atoms with Gasteiger partial charge in [0.2, 0.25) is 0 Å². The minimum Gasteiger partial charge on any atom is -0.478 e. The summed E-state index contributed by atoms with van der Waals surface area (Å²) >= 11 is 1.39. The molecular weight excluding hydrogens is 195 g/mol. The Morgan fingerprint density at radius 3 is 2.30 bits per heavy atom. The Balaban J connectivity index is 0. The molecule has 0 aliphatic rings. The molecule has 0 aromatic carbocycles. The molecule has 2 nitrogen and oxygen atoms in total. The Kier molecular flexibility index (Phi) is 6.87. The van der Waals surface area contributed by atoms with Crippen molar-refractivity contribution < 1.29 is 9.90 Å². The quantitative estimate of drug-likeness (QED) is 0.756. The molecule has 10 heavy (non-hydrogen) atoms. The number of carboxylic acids is 1. The minimum atomic E-state index is -0.855.